The van der Waals surface area contributed by atoms with Crippen molar-refractivity contribution in [2.24, 2.45) is 17.8 Å². The fourth-order valence-corrected chi connectivity index (χ4v) is 2.41. The number of aryl methyl sites for hydroxylation is 1. The molecule has 16 heavy (non-hydrogen) atoms. The highest BCUT2D eigenvalue weighted by Gasteiger charge is 2.12. The van der Waals surface area contributed by atoms with Gasteiger partial charge in [-0.25, -0.2) is 9.98 Å². The number of thioether (sulfide) groups is 1. The Morgan fingerprint density at radius 3 is 2.94 bits per heavy atom. The Morgan fingerprint density at radius 1 is 1.56 bits per heavy atom. The maximum atomic E-state index is 5.92. The third-order valence-corrected chi connectivity index (χ3v) is 3.47. The van der Waals surface area contributed by atoms with Gasteiger partial charge in [0.05, 0.1) is 0 Å². The summed E-state index contributed by atoms with van der Waals surface area (Å²) in [7, 11) is 1.85. The summed E-state index contributed by atoms with van der Waals surface area (Å²) < 4.78 is 1.71. The molecule has 88 valence electrons. The van der Waals surface area contributed by atoms with Gasteiger partial charge in [0.2, 0.25) is 0 Å². The molecule has 0 unspecified atom stereocenters. The minimum atomic E-state index is 0.492. The van der Waals surface area contributed by atoms with Crippen LogP contribution in [0.5, 0.6) is 0 Å². The van der Waals surface area contributed by atoms with Crippen molar-refractivity contribution in [3.63, 3.8) is 0 Å². The lowest BCUT2D eigenvalue weighted by Gasteiger charge is -2.27. The van der Waals surface area contributed by atoms with Crippen molar-refractivity contribution >= 4 is 17.7 Å². The van der Waals surface area contributed by atoms with E-state index < -0.39 is 0 Å². The molecule has 6 nitrogen and oxygen atoms in total. The van der Waals surface area contributed by atoms with Crippen LogP contribution in [0.1, 0.15) is 5.82 Å². The standard InChI is InChI=1S/C9H16N6S/c1-14-8(12-7-13-14)6-11-9(10)15-2-4-16-5-3-15/h7H,2-6H2,1H3,(H2,10,11). The summed E-state index contributed by atoms with van der Waals surface area (Å²) in [6.07, 6.45) is 1.53. The summed E-state index contributed by atoms with van der Waals surface area (Å²) in [5.41, 5.74) is 5.92. The van der Waals surface area contributed by atoms with E-state index in [2.05, 4.69) is 20.0 Å². The van der Waals surface area contributed by atoms with Crippen LogP contribution in [0.15, 0.2) is 11.3 Å². The number of hydrogen-bond donors (Lipinski definition) is 1. The molecule has 1 aliphatic heterocycles. The fourth-order valence-electron chi connectivity index (χ4n) is 1.51. The summed E-state index contributed by atoms with van der Waals surface area (Å²) in [6, 6.07) is 0. The Labute approximate surface area is 98.9 Å². The summed E-state index contributed by atoms with van der Waals surface area (Å²) >= 11 is 1.96. The zero-order chi connectivity index (χ0) is 11.4. The van der Waals surface area contributed by atoms with Crippen molar-refractivity contribution < 1.29 is 0 Å². The van der Waals surface area contributed by atoms with Crippen molar-refractivity contribution in [1.82, 2.24) is 19.7 Å². The molecule has 2 heterocycles. The highest BCUT2D eigenvalue weighted by molar-refractivity contribution is 7.99. The molecule has 0 bridgehead atoms. The van der Waals surface area contributed by atoms with Crippen LogP contribution in [-0.4, -0.2) is 50.2 Å². The van der Waals surface area contributed by atoms with E-state index >= 15 is 0 Å². The van der Waals surface area contributed by atoms with E-state index in [4.69, 9.17) is 5.73 Å². The molecule has 2 rings (SSSR count). The lowest BCUT2D eigenvalue weighted by Crippen LogP contribution is -2.42. The van der Waals surface area contributed by atoms with Crippen LogP contribution in [0.2, 0.25) is 0 Å². The van der Waals surface area contributed by atoms with Crippen LogP contribution >= 0.6 is 11.8 Å². The van der Waals surface area contributed by atoms with Crippen molar-refractivity contribution in [3.05, 3.63) is 12.2 Å². The lowest BCUT2D eigenvalue weighted by atomic mass is 10.5. The molecule has 2 N–H and O–H groups in total. The van der Waals surface area contributed by atoms with Crippen molar-refractivity contribution in [2.45, 2.75) is 6.54 Å². The first-order chi connectivity index (χ1) is 7.77. The van der Waals surface area contributed by atoms with Crippen molar-refractivity contribution in [1.29, 1.82) is 0 Å². The van der Waals surface area contributed by atoms with Gasteiger partial charge in [-0.05, 0) is 0 Å². The van der Waals surface area contributed by atoms with E-state index in [9.17, 15) is 0 Å². The molecule has 0 saturated carbocycles. The number of nitrogens with two attached hydrogens (primary N) is 1. The highest BCUT2D eigenvalue weighted by Crippen LogP contribution is 2.08. The van der Waals surface area contributed by atoms with Crippen LogP contribution < -0.4 is 5.73 Å². The van der Waals surface area contributed by atoms with Gasteiger partial charge in [0.25, 0.3) is 0 Å². The van der Waals surface area contributed by atoms with Crippen LogP contribution in [0, 0.1) is 0 Å². The minimum absolute atomic E-state index is 0.492. The van der Waals surface area contributed by atoms with Gasteiger partial charge in [-0.1, -0.05) is 0 Å². The summed E-state index contributed by atoms with van der Waals surface area (Å²) in [4.78, 5) is 10.6. The molecule has 0 spiro atoms. The van der Waals surface area contributed by atoms with Gasteiger partial charge in [-0.2, -0.15) is 16.9 Å². The van der Waals surface area contributed by atoms with Crippen LogP contribution in [0.3, 0.4) is 0 Å². The Kier molecular flexibility index (Phi) is 3.66. The maximum Gasteiger partial charge on any atom is 0.191 e. The topological polar surface area (TPSA) is 72.3 Å². The van der Waals surface area contributed by atoms with E-state index in [1.165, 1.54) is 6.33 Å². The molecular weight excluding hydrogens is 224 g/mol. The van der Waals surface area contributed by atoms with Gasteiger partial charge in [0.1, 0.15) is 18.7 Å². The zero-order valence-electron chi connectivity index (χ0n) is 9.33. The van der Waals surface area contributed by atoms with Gasteiger partial charge in [-0.3, -0.25) is 4.68 Å². The second-order valence-corrected chi connectivity index (χ2v) is 4.80. The number of aliphatic imine (C=N–C) groups is 1. The van der Waals surface area contributed by atoms with Gasteiger partial charge in [-0.15, -0.1) is 0 Å². The quantitative estimate of drug-likeness (QED) is 0.566. The SMILES string of the molecule is Cn1ncnc1CN=C(N)N1CCSCC1. The van der Waals surface area contributed by atoms with E-state index in [1.54, 1.807) is 4.68 Å². The average Bonchev–Trinajstić information content (AvgIpc) is 2.73. The first-order valence-corrected chi connectivity index (χ1v) is 6.38. The molecule has 0 aromatic carbocycles. The van der Waals surface area contributed by atoms with Crippen LogP contribution in [-0.2, 0) is 13.6 Å². The molecule has 0 amide bonds. The second-order valence-electron chi connectivity index (χ2n) is 3.57. The normalized spacial score (nSPS) is 17.8. The van der Waals surface area contributed by atoms with E-state index in [0.29, 0.717) is 12.5 Å². The number of aromatic nitrogens is 3. The number of rotatable bonds is 2. The first kappa shape index (κ1) is 11.3. The smallest absolute Gasteiger partial charge is 0.191 e. The molecule has 7 heteroatoms. The number of guanidine groups is 1. The Hall–Kier alpha value is -1.24. The minimum Gasteiger partial charge on any atom is -0.370 e. The van der Waals surface area contributed by atoms with Gasteiger partial charge in [0.15, 0.2) is 5.96 Å². The van der Waals surface area contributed by atoms with Crippen LogP contribution in [0.4, 0.5) is 0 Å². The highest BCUT2D eigenvalue weighted by atomic mass is 32.2. The Morgan fingerprint density at radius 2 is 2.31 bits per heavy atom. The molecule has 1 aliphatic rings. The molecule has 0 atom stereocenters. The van der Waals surface area contributed by atoms with Crippen molar-refractivity contribution in [2.75, 3.05) is 24.6 Å². The Bertz CT molecular complexity index is 368. The van der Waals surface area contributed by atoms with E-state index in [0.717, 1.165) is 30.4 Å². The first-order valence-electron chi connectivity index (χ1n) is 5.23. The van der Waals surface area contributed by atoms with E-state index in [1.807, 2.05) is 18.8 Å². The van der Waals surface area contributed by atoms with Gasteiger partial charge >= 0.3 is 0 Å². The molecular formula is C9H16N6S. The number of hydrogen-bond acceptors (Lipinski definition) is 4. The Balaban J connectivity index is 1.93. The molecule has 1 aromatic rings. The van der Waals surface area contributed by atoms with E-state index in [-0.39, 0.29) is 0 Å². The van der Waals surface area contributed by atoms with Gasteiger partial charge < -0.3 is 10.6 Å². The third kappa shape index (κ3) is 2.66. The number of nitrogens with zero attached hydrogens (tertiary/aromatic N) is 5. The molecule has 0 aliphatic carbocycles. The predicted molar refractivity (Wildman–Crippen MR) is 65.2 cm³/mol. The monoisotopic (exact) mass is 240 g/mol. The van der Waals surface area contributed by atoms with Gasteiger partial charge in [0, 0.05) is 31.6 Å². The average molecular weight is 240 g/mol. The second kappa shape index (κ2) is 5.20. The molecule has 1 fully saturated rings. The fraction of sp³-hybridized carbons (Fsp3) is 0.667. The summed E-state index contributed by atoms with van der Waals surface area (Å²) in [5, 5.41) is 3.99. The molecule has 1 saturated heterocycles. The van der Waals surface area contributed by atoms with Crippen LogP contribution in [0.25, 0.3) is 0 Å². The van der Waals surface area contributed by atoms with Crippen molar-refractivity contribution in [3.8, 4) is 0 Å². The lowest BCUT2D eigenvalue weighted by molar-refractivity contribution is 0.455. The maximum absolute atomic E-state index is 5.92. The summed E-state index contributed by atoms with van der Waals surface area (Å²) in [5.74, 6) is 3.69. The predicted octanol–water partition coefficient (Wildman–Crippen LogP) is -0.321. The molecule has 1 aromatic heterocycles. The molecule has 0 radical (unpaired) electrons. The summed E-state index contributed by atoms with van der Waals surface area (Å²) in [6.45, 7) is 2.46. The zero-order valence-corrected chi connectivity index (χ0v) is 10.2. The third-order valence-electron chi connectivity index (χ3n) is 2.52. The largest absolute Gasteiger partial charge is 0.370 e.